The van der Waals surface area contributed by atoms with Gasteiger partial charge in [0.05, 0.1) is 0 Å². The molecule has 0 amide bonds. The van der Waals surface area contributed by atoms with Gasteiger partial charge >= 0.3 is 5.69 Å². The van der Waals surface area contributed by atoms with Gasteiger partial charge in [-0.2, -0.15) is 0 Å². The molecule has 6 heteroatoms. The molecule has 0 saturated heterocycles. The van der Waals surface area contributed by atoms with Gasteiger partial charge in [0.15, 0.2) is 0 Å². The summed E-state index contributed by atoms with van der Waals surface area (Å²) in [6.07, 6.45) is 2.79. The van der Waals surface area contributed by atoms with E-state index in [4.69, 9.17) is 5.73 Å². The van der Waals surface area contributed by atoms with Crippen molar-refractivity contribution in [1.82, 2.24) is 9.55 Å². The van der Waals surface area contributed by atoms with E-state index in [0.717, 1.165) is 19.3 Å². The van der Waals surface area contributed by atoms with E-state index in [1.54, 1.807) is 0 Å². The van der Waals surface area contributed by atoms with Gasteiger partial charge in [0, 0.05) is 12.6 Å². The molecule has 1 unspecified atom stereocenters. The van der Waals surface area contributed by atoms with Crippen LogP contribution in [0, 0.1) is 5.92 Å². The fraction of sp³-hybridized carbons (Fsp3) is 0.714. The number of aromatic nitrogens is 2. The Kier molecular flexibility index (Phi) is 5.85. The van der Waals surface area contributed by atoms with E-state index in [2.05, 4.69) is 24.1 Å². The number of H-pyrrole nitrogens is 1. The molecule has 0 fully saturated rings. The van der Waals surface area contributed by atoms with E-state index in [9.17, 15) is 9.59 Å². The third kappa shape index (κ3) is 4.15. The molecular weight excluding hydrogens is 256 g/mol. The number of anilines is 2. The number of nitrogens with two attached hydrogens (primary N) is 1. The molecule has 0 radical (unpaired) electrons. The summed E-state index contributed by atoms with van der Waals surface area (Å²) in [7, 11) is 0. The van der Waals surface area contributed by atoms with Crippen molar-refractivity contribution in [2.24, 2.45) is 5.92 Å². The van der Waals surface area contributed by atoms with Gasteiger partial charge in [0.2, 0.25) is 0 Å². The van der Waals surface area contributed by atoms with Gasteiger partial charge in [0.25, 0.3) is 5.56 Å². The second-order valence-corrected chi connectivity index (χ2v) is 5.69. The van der Waals surface area contributed by atoms with Crippen LogP contribution in [0.25, 0.3) is 0 Å². The molecule has 0 aromatic carbocycles. The Morgan fingerprint density at radius 1 is 1.25 bits per heavy atom. The van der Waals surface area contributed by atoms with Crippen LogP contribution < -0.4 is 22.3 Å². The number of nitrogens with one attached hydrogen (secondary N) is 2. The molecule has 1 heterocycles. The standard InChI is InChI=1S/C14H26N4O2/c1-5-8-18-12(15)11(13(19)17-14(18)20)16-10(4)7-6-9(2)3/h9-10,16H,5-8,15H2,1-4H3,(H,17,19,20). The van der Waals surface area contributed by atoms with Crippen molar-refractivity contribution in [2.45, 2.75) is 59.5 Å². The molecule has 0 bridgehead atoms. The molecule has 1 rings (SSSR count). The molecule has 1 atom stereocenters. The Labute approximate surface area is 119 Å². The van der Waals surface area contributed by atoms with Gasteiger partial charge in [-0.15, -0.1) is 0 Å². The summed E-state index contributed by atoms with van der Waals surface area (Å²) < 4.78 is 1.40. The highest BCUT2D eigenvalue weighted by molar-refractivity contribution is 5.60. The highest BCUT2D eigenvalue weighted by Gasteiger charge is 2.14. The van der Waals surface area contributed by atoms with E-state index in [0.29, 0.717) is 18.2 Å². The zero-order valence-corrected chi connectivity index (χ0v) is 12.8. The number of aromatic amines is 1. The van der Waals surface area contributed by atoms with Crippen LogP contribution in [0.3, 0.4) is 0 Å². The number of rotatable bonds is 7. The molecule has 4 N–H and O–H groups in total. The first kappa shape index (κ1) is 16.3. The summed E-state index contributed by atoms with van der Waals surface area (Å²) in [5, 5.41) is 3.13. The lowest BCUT2D eigenvalue weighted by molar-refractivity contribution is 0.527. The van der Waals surface area contributed by atoms with E-state index < -0.39 is 11.2 Å². The maximum absolute atomic E-state index is 11.9. The summed E-state index contributed by atoms with van der Waals surface area (Å²) in [6.45, 7) is 8.78. The summed E-state index contributed by atoms with van der Waals surface area (Å²) in [5.74, 6) is 0.834. The third-order valence-electron chi connectivity index (χ3n) is 3.25. The SMILES string of the molecule is CCCn1c(N)c(NC(C)CCC(C)C)c(=O)[nH]c1=O. The quantitative estimate of drug-likeness (QED) is 0.710. The minimum Gasteiger partial charge on any atom is -0.383 e. The van der Waals surface area contributed by atoms with Gasteiger partial charge in [-0.1, -0.05) is 20.8 Å². The Hall–Kier alpha value is -1.72. The lowest BCUT2D eigenvalue weighted by Crippen LogP contribution is -2.35. The van der Waals surface area contributed by atoms with E-state index >= 15 is 0 Å². The lowest BCUT2D eigenvalue weighted by Gasteiger charge is -2.18. The van der Waals surface area contributed by atoms with Crippen LogP contribution in [0.2, 0.25) is 0 Å². The average molecular weight is 282 g/mol. The van der Waals surface area contributed by atoms with Crippen molar-refractivity contribution in [3.8, 4) is 0 Å². The van der Waals surface area contributed by atoms with Crippen molar-refractivity contribution >= 4 is 11.5 Å². The molecule has 1 aromatic rings. The summed E-state index contributed by atoms with van der Waals surface area (Å²) in [5.41, 5.74) is 5.36. The number of hydrogen-bond acceptors (Lipinski definition) is 4. The van der Waals surface area contributed by atoms with Crippen molar-refractivity contribution in [3.05, 3.63) is 20.8 Å². The predicted octanol–water partition coefficient (Wildman–Crippen LogP) is 1.77. The van der Waals surface area contributed by atoms with Crippen LogP contribution in [0.1, 0.15) is 47.0 Å². The third-order valence-corrected chi connectivity index (χ3v) is 3.25. The fourth-order valence-electron chi connectivity index (χ4n) is 2.07. The molecule has 0 aliphatic rings. The largest absolute Gasteiger partial charge is 0.383 e. The van der Waals surface area contributed by atoms with Crippen LogP contribution in [-0.4, -0.2) is 15.6 Å². The second kappa shape index (κ2) is 7.17. The maximum atomic E-state index is 11.9. The van der Waals surface area contributed by atoms with Crippen LogP contribution in [0.15, 0.2) is 9.59 Å². The summed E-state index contributed by atoms with van der Waals surface area (Å²) >= 11 is 0. The molecule has 6 nitrogen and oxygen atoms in total. The van der Waals surface area contributed by atoms with Crippen LogP contribution in [-0.2, 0) is 6.54 Å². The minimum atomic E-state index is -0.449. The Morgan fingerprint density at radius 3 is 2.45 bits per heavy atom. The van der Waals surface area contributed by atoms with Crippen LogP contribution in [0.4, 0.5) is 11.5 Å². The molecule has 0 spiro atoms. The van der Waals surface area contributed by atoms with Gasteiger partial charge in [-0.3, -0.25) is 14.3 Å². The Balaban J connectivity index is 2.97. The molecular formula is C14H26N4O2. The zero-order valence-electron chi connectivity index (χ0n) is 12.8. The molecule has 0 aliphatic heterocycles. The second-order valence-electron chi connectivity index (χ2n) is 5.69. The van der Waals surface area contributed by atoms with E-state index in [1.165, 1.54) is 4.57 Å². The molecule has 1 aromatic heterocycles. The van der Waals surface area contributed by atoms with Crippen molar-refractivity contribution < 1.29 is 0 Å². The smallest absolute Gasteiger partial charge is 0.330 e. The first-order valence-corrected chi connectivity index (χ1v) is 7.25. The van der Waals surface area contributed by atoms with Crippen LogP contribution in [0.5, 0.6) is 0 Å². The summed E-state index contributed by atoms with van der Waals surface area (Å²) in [6, 6.07) is 0.133. The fourth-order valence-corrected chi connectivity index (χ4v) is 2.07. The normalized spacial score (nSPS) is 12.7. The molecule has 0 aliphatic carbocycles. The highest BCUT2D eigenvalue weighted by atomic mass is 16.2. The molecule has 20 heavy (non-hydrogen) atoms. The first-order valence-electron chi connectivity index (χ1n) is 7.25. The van der Waals surface area contributed by atoms with Crippen molar-refractivity contribution in [1.29, 1.82) is 0 Å². The predicted molar refractivity (Wildman–Crippen MR) is 83.2 cm³/mol. The number of hydrogen-bond donors (Lipinski definition) is 3. The topological polar surface area (TPSA) is 92.9 Å². The van der Waals surface area contributed by atoms with Gasteiger partial charge in [-0.25, -0.2) is 4.79 Å². The van der Waals surface area contributed by atoms with Crippen LogP contribution >= 0.6 is 0 Å². The number of nitrogen functional groups attached to an aromatic ring is 1. The average Bonchev–Trinajstić information content (AvgIpc) is 2.37. The lowest BCUT2D eigenvalue weighted by atomic mass is 10.0. The van der Waals surface area contributed by atoms with Crippen molar-refractivity contribution in [2.75, 3.05) is 11.1 Å². The molecule has 0 saturated carbocycles. The van der Waals surface area contributed by atoms with Crippen molar-refractivity contribution in [3.63, 3.8) is 0 Å². The Bertz CT molecular complexity index is 545. The zero-order chi connectivity index (χ0) is 15.3. The Morgan fingerprint density at radius 2 is 1.90 bits per heavy atom. The summed E-state index contributed by atoms with van der Waals surface area (Å²) in [4.78, 5) is 25.9. The van der Waals surface area contributed by atoms with E-state index in [-0.39, 0.29) is 11.9 Å². The first-order chi connectivity index (χ1) is 9.36. The van der Waals surface area contributed by atoms with Gasteiger partial charge < -0.3 is 11.1 Å². The highest BCUT2D eigenvalue weighted by Crippen LogP contribution is 2.15. The number of nitrogens with zero attached hydrogens (tertiary/aromatic N) is 1. The van der Waals surface area contributed by atoms with Gasteiger partial charge in [-0.05, 0) is 32.1 Å². The molecule has 114 valence electrons. The van der Waals surface area contributed by atoms with E-state index in [1.807, 2.05) is 13.8 Å². The minimum absolute atomic E-state index is 0.133. The maximum Gasteiger partial charge on any atom is 0.330 e. The monoisotopic (exact) mass is 282 g/mol. The van der Waals surface area contributed by atoms with Gasteiger partial charge in [0.1, 0.15) is 11.5 Å².